The molecule has 2 aliphatic rings. The molecule has 3 aromatic carbocycles. The molecule has 122 valence electrons. The highest BCUT2D eigenvalue weighted by Gasteiger charge is 2.48. The second kappa shape index (κ2) is 5.16. The van der Waals surface area contributed by atoms with Gasteiger partial charge < -0.3 is 0 Å². The molecule has 1 nitrogen and oxygen atoms in total. The summed E-state index contributed by atoms with van der Waals surface area (Å²) < 4.78 is 0. The number of hydrogen-bond donors (Lipinski definition) is 0. The molecule has 2 aliphatic carbocycles. The summed E-state index contributed by atoms with van der Waals surface area (Å²) in [6.07, 6.45) is 2.65. The molecule has 0 saturated carbocycles. The highest BCUT2D eigenvalue weighted by molar-refractivity contribution is 6.06. The minimum atomic E-state index is -0.239. The molecule has 0 N–H and O–H groups in total. The summed E-state index contributed by atoms with van der Waals surface area (Å²) in [7, 11) is 0. The van der Waals surface area contributed by atoms with Crippen LogP contribution in [0.4, 0.5) is 0 Å². The van der Waals surface area contributed by atoms with Gasteiger partial charge in [-0.2, -0.15) is 0 Å². The van der Waals surface area contributed by atoms with Gasteiger partial charge in [-0.1, -0.05) is 66.2 Å². The quantitative estimate of drug-likeness (QED) is 0.602. The first-order valence-corrected chi connectivity index (χ1v) is 8.96. The summed E-state index contributed by atoms with van der Waals surface area (Å²) in [5.41, 5.74) is 8.19. The summed E-state index contributed by atoms with van der Waals surface area (Å²) in [6.45, 7) is 2.10. The van der Waals surface area contributed by atoms with E-state index in [0.29, 0.717) is 5.78 Å². The zero-order valence-electron chi connectivity index (χ0n) is 14.4. The summed E-state index contributed by atoms with van der Waals surface area (Å²) in [5, 5.41) is 0. The molecule has 0 atom stereocenters. The summed E-state index contributed by atoms with van der Waals surface area (Å²) >= 11 is 0. The summed E-state index contributed by atoms with van der Waals surface area (Å²) in [6, 6.07) is 23.5. The molecule has 0 bridgehead atoms. The molecule has 5 rings (SSSR count). The molecule has 0 heterocycles. The zero-order chi connectivity index (χ0) is 17.0. The van der Waals surface area contributed by atoms with Gasteiger partial charge in [0.05, 0.1) is 0 Å². The maximum atomic E-state index is 13.3. The third-order valence-corrected chi connectivity index (χ3v) is 5.89. The predicted octanol–water partition coefficient (Wildman–Crippen LogP) is 5.19. The van der Waals surface area contributed by atoms with E-state index in [1.54, 1.807) is 0 Å². The van der Waals surface area contributed by atoms with Crippen molar-refractivity contribution in [1.82, 2.24) is 0 Å². The van der Waals surface area contributed by atoms with Gasteiger partial charge in [-0.05, 0) is 60.1 Å². The zero-order valence-corrected chi connectivity index (χ0v) is 14.4. The SMILES string of the molecule is Cc1cccc(-c2ccc3c(c2)C(=O)C2(Cc4ccccc4C2)C3)c1. The highest BCUT2D eigenvalue weighted by atomic mass is 16.1. The molecule has 0 unspecified atom stereocenters. The maximum Gasteiger partial charge on any atom is 0.170 e. The van der Waals surface area contributed by atoms with Crippen LogP contribution in [0.2, 0.25) is 0 Å². The van der Waals surface area contributed by atoms with Crippen molar-refractivity contribution in [2.75, 3.05) is 0 Å². The number of ketones is 1. The lowest BCUT2D eigenvalue weighted by Crippen LogP contribution is -2.28. The number of carbonyl (C=O) groups is 1. The van der Waals surface area contributed by atoms with Crippen molar-refractivity contribution in [3.63, 3.8) is 0 Å². The number of aryl methyl sites for hydroxylation is 1. The minimum Gasteiger partial charge on any atom is -0.294 e. The van der Waals surface area contributed by atoms with Crippen molar-refractivity contribution >= 4 is 5.78 Å². The lowest BCUT2D eigenvalue weighted by Gasteiger charge is -2.20. The topological polar surface area (TPSA) is 17.1 Å². The van der Waals surface area contributed by atoms with Crippen molar-refractivity contribution in [3.05, 3.63) is 94.5 Å². The van der Waals surface area contributed by atoms with Gasteiger partial charge >= 0.3 is 0 Å². The normalized spacial score (nSPS) is 16.9. The van der Waals surface area contributed by atoms with Gasteiger partial charge in [0.1, 0.15) is 0 Å². The molecule has 3 aromatic rings. The third-order valence-electron chi connectivity index (χ3n) is 5.89. The van der Waals surface area contributed by atoms with E-state index in [2.05, 4.69) is 73.7 Å². The van der Waals surface area contributed by atoms with E-state index in [-0.39, 0.29) is 5.41 Å². The van der Waals surface area contributed by atoms with Crippen LogP contribution in [0.15, 0.2) is 66.7 Å². The Bertz CT molecular complexity index is 987. The first-order valence-electron chi connectivity index (χ1n) is 8.96. The van der Waals surface area contributed by atoms with Gasteiger partial charge in [0, 0.05) is 11.0 Å². The Morgan fingerprint density at radius 2 is 1.40 bits per heavy atom. The average Bonchev–Trinajstić information content (AvgIpc) is 3.12. The van der Waals surface area contributed by atoms with Gasteiger partial charge in [-0.15, -0.1) is 0 Å². The van der Waals surface area contributed by atoms with Gasteiger partial charge in [0.15, 0.2) is 5.78 Å². The fourth-order valence-electron chi connectivity index (χ4n) is 4.66. The fraction of sp³-hybridized carbons (Fsp3) is 0.208. The van der Waals surface area contributed by atoms with Gasteiger partial charge in [0.25, 0.3) is 0 Å². The second-order valence-electron chi connectivity index (χ2n) is 7.65. The van der Waals surface area contributed by atoms with Crippen LogP contribution in [0.3, 0.4) is 0 Å². The molecule has 0 aromatic heterocycles. The molecule has 0 radical (unpaired) electrons. The Labute approximate surface area is 148 Å². The number of Topliss-reactive ketones (excluding diaryl/α,β-unsaturated/α-hetero) is 1. The minimum absolute atomic E-state index is 0.239. The van der Waals surface area contributed by atoms with Crippen molar-refractivity contribution in [2.24, 2.45) is 5.41 Å². The van der Waals surface area contributed by atoms with Gasteiger partial charge in [-0.3, -0.25) is 4.79 Å². The van der Waals surface area contributed by atoms with Crippen LogP contribution in [0.5, 0.6) is 0 Å². The largest absolute Gasteiger partial charge is 0.294 e. The molecule has 0 amide bonds. The molecular formula is C24H20O. The van der Waals surface area contributed by atoms with Gasteiger partial charge in [0.2, 0.25) is 0 Å². The van der Waals surface area contributed by atoms with E-state index >= 15 is 0 Å². The monoisotopic (exact) mass is 324 g/mol. The standard InChI is InChI=1S/C24H20O/c1-16-5-4-8-17(11-16)18-9-10-21-15-24(23(25)22(21)12-18)13-19-6-2-3-7-20(19)14-24/h2-12H,13-15H2,1H3. The van der Waals surface area contributed by atoms with Crippen molar-refractivity contribution in [3.8, 4) is 11.1 Å². The smallest absolute Gasteiger partial charge is 0.170 e. The molecule has 0 fully saturated rings. The van der Waals surface area contributed by atoms with Crippen LogP contribution in [-0.4, -0.2) is 5.78 Å². The number of fused-ring (bicyclic) bond motifs is 2. The van der Waals surface area contributed by atoms with Crippen LogP contribution in [-0.2, 0) is 19.3 Å². The van der Waals surface area contributed by atoms with E-state index in [0.717, 1.165) is 30.4 Å². The lowest BCUT2D eigenvalue weighted by molar-refractivity contribution is 0.0831. The van der Waals surface area contributed by atoms with E-state index in [4.69, 9.17) is 0 Å². The number of carbonyl (C=O) groups excluding carboxylic acids is 1. The molecule has 0 aliphatic heterocycles. The summed E-state index contributed by atoms with van der Waals surface area (Å²) in [5.74, 6) is 0.341. The highest BCUT2D eigenvalue weighted by Crippen LogP contribution is 2.47. The van der Waals surface area contributed by atoms with E-state index in [1.165, 1.54) is 27.8 Å². The molecular weight excluding hydrogens is 304 g/mol. The molecule has 0 saturated heterocycles. The van der Waals surface area contributed by atoms with Crippen LogP contribution in [0, 0.1) is 12.3 Å². The van der Waals surface area contributed by atoms with Crippen LogP contribution >= 0.6 is 0 Å². The lowest BCUT2D eigenvalue weighted by atomic mass is 9.81. The Morgan fingerprint density at radius 3 is 2.12 bits per heavy atom. The number of benzene rings is 3. The Balaban J connectivity index is 1.55. The molecule has 1 heteroatoms. The van der Waals surface area contributed by atoms with Crippen LogP contribution in [0.25, 0.3) is 11.1 Å². The van der Waals surface area contributed by atoms with Crippen LogP contribution in [0.1, 0.15) is 32.6 Å². The van der Waals surface area contributed by atoms with Gasteiger partial charge in [-0.25, -0.2) is 0 Å². The number of rotatable bonds is 1. The van der Waals surface area contributed by atoms with Crippen molar-refractivity contribution < 1.29 is 4.79 Å². The third kappa shape index (κ3) is 2.19. The Morgan fingerprint density at radius 1 is 0.720 bits per heavy atom. The van der Waals surface area contributed by atoms with Crippen molar-refractivity contribution in [2.45, 2.75) is 26.2 Å². The first-order chi connectivity index (χ1) is 12.1. The second-order valence-corrected chi connectivity index (χ2v) is 7.65. The Hall–Kier alpha value is -2.67. The number of hydrogen-bond acceptors (Lipinski definition) is 1. The fourth-order valence-corrected chi connectivity index (χ4v) is 4.66. The summed E-state index contributed by atoms with van der Waals surface area (Å²) in [4.78, 5) is 13.3. The Kier molecular flexibility index (Phi) is 3.03. The maximum absolute atomic E-state index is 13.3. The first kappa shape index (κ1) is 14.7. The van der Waals surface area contributed by atoms with E-state index in [1.807, 2.05) is 0 Å². The van der Waals surface area contributed by atoms with Crippen molar-refractivity contribution in [1.29, 1.82) is 0 Å². The predicted molar refractivity (Wildman–Crippen MR) is 101 cm³/mol. The van der Waals surface area contributed by atoms with Crippen LogP contribution < -0.4 is 0 Å². The molecule has 1 spiro atoms. The van der Waals surface area contributed by atoms with E-state index < -0.39 is 0 Å². The molecule has 25 heavy (non-hydrogen) atoms. The van der Waals surface area contributed by atoms with E-state index in [9.17, 15) is 4.79 Å². The average molecular weight is 324 g/mol.